The Kier molecular flexibility index (Phi) is 9.07. The van der Waals surface area contributed by atoms with Crippen molar-refractivity contribution in [2.45, 2.75) is 76.2 Å². The lowest BCUT2D eigenvalue weighted by Crippen LogP contribution is -2.53. The van der Waals surface area contributed by atoms with E-state index in [9.17, 15) is 9.18 Å². The van der Waals surface area contributed by atoms with Crippen LogP contribution in [-0.2, 0) is 16.6 Å². The van der Waals surface area contributed by atoms with Gasteiger partial charge in [-0.15, -0.1) is 0 Å². The fourth-order valence-corrected chi connectivity index (χ4v) is 7.20. The number of aryl methyl sites for hydroxylation is 1. The molecule has 0 aromatic heterocycles. The third-order valence-corrected chi connectivity index (χ3v) is 9.74. The van der Waals surface area contributed by atoms with Crippen molar-refractivity contribution in [3.05, 3.63) is 70.0 Å². The summed E-state index contributed by atoms with van der Waals surface area (Å²) in [6, 6.07) is 14.3. The molecular formula is C32H43ClFN3O. The van der Waals surface area contributed by atoms with E-state index in [4.69, 9.17) is 11.6 Å². The van der Waals surface area contributed by atoms with E-state index in [-0.39, 0.29) is 17.7 Å². The lowest BCUT2D eigenvalue weighted by Gasteiger charge is -2.46. The molecular weight excluding hydrogens is 497 g/mol. The first-order valence-corrected chi connectivity index (χ1v) is 15.1. The number of halogens is 2. The van der Waals surface area contributed by atoms with Gasteiger partial charge >= 0.3 is 0 Å². The molecule has 1 unspecified atom stereocenters. The average molecular weight is 540 g/mol. The van der Waals surface area contributed by atoms with Crippen molar-refractivity contribution in [2.24, 2.45) is 0 Å². The molecule has 0 spiro atoms. The highest BCUT2D eigenvalue weighted by molar-refractivity contribution is 6.31. The first-order valence-electron chi connectivity index (χ1n) is 14.7. The highest BCUT2D eigenvalue weighted by Gasteiger charge is 2.39. The van der Waals surface area contributed by atoms with E-state index in [0.29, 0.717) is 17.1 Å². The Morgan fingerprint density at radius 3 is 2.42 bits per heavy atom. The maximum Gasteiger partial charge on any atom is 0.227 e. The van der Waals surface area contributed by atoms with Crippen LogP contribution < -0.4 is 0 Å². The van der Waals surface area contributed by atoms with Crippen LogP contribution in [0.4, 0.5) is 4.39 Å². The summed E-state index contributed by atoms with van der Waals surface area (Å²) in [5.41, 5.74) is 2.80. The van der Waals surface area contributed by atoms with Gasteiger partial charge in [0.05, 0.1) is 6.42 Å². The number of amides is 1. The van der Waals surface area contributed by atoms with Crippen molar-refractivity contribution >= 4 is 17.5 Å². The molecule has 0 N–H and O–H groups in total. The van der Waals surface area contributed by atoms with Crippen LogP contribution in [-0.4, -0.2) is 72.5 Å². The molecule has 2 aromatic rings. The summed E-state index contributed by atoms with van der Waals surface area (Å²) in [7, 11) is 0. The summed E-state index contributed by atoms with van der Waals surface area (Å²) >= 11 is 6.26. The van der Waals surface area contributed by atoms with Gasteiger partial charge < -0.3 is 9.80 Å². The second kappa shape index (κ2) is 12.5. The number of benzene rings is 2. The number of likely N-dealkylation sites (tertiary alicyclic amines) is 1. The molecule has 0 radical (unpaired) electrons. The van der Waals surface area contributed by atoms with Gasteiger partial charge in [0.15, 0.2) is 0 Å². The maximum absolute atomic E-state index is 14.4. The molecule has 6 heteroatoms. The van der Waals surface area contributed by atoms with Crippen LogP contribution in [0.5, 0.6) is 0 Å². The molecule has 1 saturated carbocycles. The van der Waals surface area contributed by atoms with Gasteiger partial charge in [-0.05, 0) is 63.3 Å². The summed E-state index contributed by atoms with van der Waals surface area (Å²) < 4.78 is 14.4. The van der Waals surface area contributed by atoms with Crippen molar-refractivity contribution in [1.29, 1.82) is 0 Å². The lowest BCUT2D eigenvalue weighted by atomic mass is 9.71. The smallest absolute Gasteiger partial charge is 0.227 e. The summed E-state index contributed by atoms with van der Waals surface area (Å²) in [6.45, 7) is 9.20. The summed E-state index contributed by atoms with van der Waals surface area (Å²) in [5.74, 6) is -0.436. The lowest BCUT2D eigenvalue weighted by molar-refractivity contribution is -0.133. The van der Waals surface area contributed by atoms with Gasteiger partial charge in [0, 0.05) is 61.3 Å². The molecule has 3 aliphatic rings. The highest BCUT2D eigenvalue weighted by Crippen LogP contribution is 2.38. The minimum Gasteiger partial charge on any atom is -0.342 e. The Morgan fingerprint density at radius 2 is 1.71 bits per heavy atom. The Labute approximate surface area is 233 Å². The Morgan fingerprint density at radius 1 is 0.974 bits per heavy atom. The standard InChI is InChI=1S/C32H43ClFN3O/c1-25-11-13-26(14-12-25)32(16-18-35-19-21-36(22-20-35)27-7-3-2-4-8-27)15-6-17-37(24-32)31(38)23-28-29(33)9-5-10-30(28)34/h5,9-14,27H,2-4,6-8,15-24H2,1H3. The van der Waals surface area contributed by atoms with Crippen molar-refractivity contribution in [1.82, 2.24) is 14.7 Å². The zero-order chi connectivity index (χ0) is 26.5. The van der Waals surface area contributed by atoms with E-state index in [1.54, 1.807) is 12.1 Å². The van der Waals surface area contributed by atoms with Crippen LogP contribution >= 0.6 is 11.6 Å². The summed E-state index contributed by atoms with van der Waals surface area (Å²) in [4.78, 5) is 20.8. The first-order chi connectivity index (χ1) is 18.4. The molecule has 2 heterocycles. The molecule has 5 rings (SSSR count). The molecule has 1 aliphatic carbocycles. The SMILES string of the molecule is Cc1ccc(C2(CCN3CCN(C4CCCCC4)CC3)CCCN(C(=O)Cc3c(F)cccc3Cl)C2)cc1. The monoisotopic (exact) mass is 539 g/mol. The van der Waals surface area contributed by atoms with Crippen molar-refractivity contribution in [3.63, 3.8) is 0 Å². The molecule has 2 aromatic carbocycles. The minimum absolute atomic E-state index is 0.0125. The minimum atomic E-state index is -0.403. The molecule has 1 amide bonds. The first kappa shape index (κ1) is 27.6. The van der Waals surface area contributed by atoms with Crippen LogP contribution in [0.2, 0.25) is 5.02 Å². The van der Waals surface area contributed by atoms with E-state index < -0.39 is 5.82 Å². The molecule has 206 valence electrons. The normalized spacial score (nSPS) is 24.0. The number of nitrogens with zero attached hydrogens (tertiary/aromatic N) is 3. The number of rotatable bonds is 7. The van der Waals surface area contributed by atoms with Crippen molar-refractivity contribution in [3.8, 4) is 0 Å². The predicted octanol–water partition coefficient (Wildman–Crippen LogP) is 6.23. The molecule has 2 saturated heterocycles. The van der Waals surface area contributed by atoms with Gasteiger partial charge in [0.25, 0.3) is 0 Å². The van der Waals surface area contributed by atoms with E-state index in [1.807, 2.05) is 4.90 Å². The van der Waals surface area contributed by atoms with Gasteiger partial charge in [-0.2, -0.15) is 0 Å². The second-order valence-corrected chi connectivity index (χ2v) is 12.3. The third kappa shape index (κ3) is 6.43. The van der Waals surface area contributed by atoms with Crippen LogP contribution in [0.25, 0.3) is 0 Å². The number of hydrogen-bond acceptors (Lipinski definition) is 3. The van der Waals surface area contributed by atoms with E-state index in [2.05, 4.69) is 41.0 Å². The molecule has 2 aliphatic heterocycles. The molecule has 3 fully saturated rings. The number of piperidine rings is 1. The fraction of sp³-hybridized carbons (Fsp3) is 0.594. The quantitative estimate of drug-likeness (QED) is 0.417. The Bertz CT molecular complexity index is 1060. The van der Waals surface area contributed by atoms with E-state index in [1.165, 1.54) is 62.4 Å². The molecule has 0 bridgehead atoms. The Hall–Kier alpha value is -1.95. The maximum atomic E-state index is 14.4. The zero-order valence-corrected chi connectivity index (χ0v) is 23.7. The fourth-order valence-electron chi connectivity index (χ4n) is 6.97. The van der Waals surface area contributed by atoms with Gasteiger partial charge in [0.1, 0.15) is 5.82 Å². The number of piperazine rings is 1. The van der Waals surface area contributed by atoms with Gasteiger partial charge in [-0.1, -0.05) is 66.8 Å². The molecule has 1 atom stereocenters. The van der Waals surface area contributed by atoms with Crippen LogP contribution in [0.3, 0.4) is 0 Å². The summed E-state index contributed by atoms with van der Waals surface area (Å²) in [6.07, 6.45) is 10.0. The Balaban J connectivity index is 1.26. The number of carbonyl (C=O) groups is 1. The van der Waals surface area contributed by atoms with Crippen LogP contribution in [0.15, 0.2) is 42.5 Å². The number of hydrogen-bond donors (Lipinski definition) is 0. The largest absolute Gasteiger partial charge is 0.342 e. The van der Waals surface area contributed by atoms with E-state index in [0.717, 1.165) is 51.5 Å². The van der Waals surface area contributed by atoms with Gasteiger partial charge in [-0.25, -0.2) is 4.39 Å². The van der Waals surface area contributed by atoms with Gasteiger partial charge in [-0.3, -0.25) is 9.69 Å². The molecule has 38 heavy (non-hydrogen) atoms. The topological polar surface area (TPSA) is 26.8 Å². The number of carbonyl (C=O) groups excluding carboxylic acids is 1. The average Bonchev–Trinajstić information content (AvgIpc) is 2.95. The molecule has 4 nitrogen and oxygen atoms in total. The third-order valence-electron chi connectivity index (χ3n) is 9.39. The predicted molar refractivity (Wildman–Crippen MR) is 153 cm³/mol. The highest BCUT2D eigenvalue weighted by atomic mass is 35.5. The van der Waals surface area contributed by atoms with Crippen molar-refractivity contribution in [2.75, 3.05) is 45.8 Å². The van der Waals surface area contributed by atoms with Crippen LogP contribution in [0.1, 0.15) is 68.1 Å². The van der Waals surface area contributed by atoms with Crippen molar-refractivity contribution < 1.29 is 9.18 Å². The summed E-state index contributed by atoms with van der Waals surface area (Å²) in [5, 5.41) is 0.326. The zero-order valence-electron chi connectivity index (χ0n) is 22.9. The van der Waals surface area contributed by atoms with E-state index >= 15 is 0 Å². The van der Waals surface area contributed by atoms with Gasteiger partial charge in [0.2, 0.25) is 5.91 Å². The van der Waals surface area contributed by atoms with Crippen LogP contribution in [0, 0.1) is 12.7 Å². The second-order valence-electron chi connectivity index (χ2n) is 11.9.